The zero-order valence-electron chi connectivity index (χ0n) is 13.3. The Kier molecular flexibility index (Phi) is 6.13. The molecule has 1 aromatic heterocycles. The number of benzene rings is 1. The second-order valence-corrected chi connectivity index (χ2v) is 6.06. The molecule has 2 aromatic rings. The van der Waals surface area contributed by atoms with E-state index in [0.717, 1.165) is 29.7 Å². The van der Waals surface area contributed by atoms with Crippen molar-refractivity contribution in [1.29, 1.82) is 0 Å². The summed E-state index contributed by atoms with van der Waals surface area (Å²) in [7, 11) is 0. The lowest BCUT2D eigenvalue weighted by Gasteiger charge is -2.25. The van der Waals surface area contributed by atoms with Crippen molar-refractivity contribution >= 4 is 22.6 Å². The second kappa shape index (κ2) is 7.86. The van der Waals surface area contributed by atoms with E-state index in [2.05, 4.69) is 38.2 Å². The molecule has 3 heteroatoms. The Morgan fingerprint density at radius 3 is 2.67 bits per heavy atom. The molecule has 2 nitrogen and oxygen atoms in total. The highest BCUT2D eigenvalue weighted by Gasteiger charge is 2.24. The monoisotopic (exact) mass is 307 g/mol. The Morgan fingerprint density at radius 1 is 1.24 bits per heavy atom. The number of furan rings is 1. The van der Waals surface area contributed by atoms with E-state index < -0.39 is 0 Å². The Labute approximate surface area is 132 Å². The highest BCUT2D eigenvalue weighted by molar-refractivity contribution is 6.34. The molecule has 0 aliphatic rings. The zero-order valence-corrected chi connectivity index (χ0v) is 14.0. The first-order chi connectivity index (χ1) is 10.2. The molecule has 1 aromatic carbocycles. The van der Waals surface area contributed by atoms with E-state index in [9.17, 15) is 0 Å². The van der Waals surface area contributed by atoms with Gasteiger partial charge in [-0.25, -0.2) is 0 Å². The fraction of sp³-hybridized carbons (Fsp3) is 0.556. The summed E-state index contributed by atoms with van der Waals surface area (Å²) in [6, 6.07) is 8.33. The molecule has 0 saturated heterocycles. The van der Waals surface area contributed by atoms with Gasteiger partial charge < -0.3 is 9.73 Å². The number of halogens is 1. The van der Waals surface area contributed by atoms with Crippen molar-refractivity contribution < 1.29 is 4.42 Å². The molecular formula is C18H26ClNO. The van der Waals surface area contributed by atoms with Gasteiger partial charge in [0.1, 0.15) is 5.76 Å². The van der Waals surface area contributed by atoms with Crippen LogP contribution < -0.4 is 5.32 Å². The Balaban J connectivity index is 2.32. The van der Waals surface area contributed by atoms with Crippen LogP contribution in [0.1, 0.15) is 58.3 Å². The Bertz CT molecular complexity index is 563. The molecule has 1 N–H and O–H groups in total. The number of unbranched alkanes of at least 4 members (excludes halogenated alkanes) is 1. The van der Waals surface area contributed by atoms with E-state index in [0.29, 0.717) is 10.9 Å². The molecule has 0 saturated carbocycles. The summed E-state index contributed by atoms with van der Waals surface area (Å²) in [5.41, 5.74) is 0.808. The summed E-state index contributed by atoms with van der Waals surface area (Å²) in [4.78, 5) is 0. The third-order valence-electron chi connectivity index (χ3n) is 4.17. The minimum atomic E-state index is 0.273. The van der Waals surface area contributed by atoms with Crippen molar-refractivity contribution in [3.05, 3.63) is 35.0 Å². The molecule has 0 amide bonds. The quantitative estimate of drug-likeness (QED) is 0.651. The first kappa shape index (κ1) is 16.4. The van der Waals surface area contributed by atoms with Crippen LogP contribution in [0.5, 0.6) is 0 Å². The normalized spacial score (nSPS) is 14.5. The van der Waals surface area contributed by atoms with E-state index in [-0.39, 0.29) is 6.04 Å². The largest absolute Gasteiger partial charge is 0.458 e. The molecule has 2 unspecified atom stereocenters. The van der Waals surface area contributed by atoms with Gasteiger partial charge in [0.25, 0.3) is 0 Å². The second-order valence-electron chi connectivity index (χ2n) is 5.65. The lowest BCUT2D eigenvalue weighted by molar-refractivity contribution is 0.291. The van der Waals surface area contributed by atoms with Crippen LogP contribution in [0.2, 0.25) is 5.02 Å². The number of hydrogen-bond donors (Lipinski definition) is 1. The molecule has 2 rings (SSSR count). The third kappa shape index (κ3) is 3.81. The SMILES string of the molecule is CCCCC(CC)C(NCC)c1cc2cccc(Cl)c2o1. The van der Waals surface area contributed by atoms with Crippen molar-refractivity contribution in [2.45, 2.75) is 52.5 Å². The lowest BCUT2D eigenvalue weighted by atomic mass is 9.89. The van der Waals surface area contributed by atoms with Gasteiger partial charge in [-0.1, -0.05) is 63.8 Å². The van der Waals surface area contributed by atoms with Crippen molar-refractivity contribution in [1.82, 2.24) is 5.32 Å². The smallest absolute Gasteiger partial charge is 0.152 e. The zero-order chi connectivity index (χ0) is 15.2. The van der Waals surface area contributed by atoms with Gasteiger partial charge >= 0.3 is 0 Å². The number of nitrogens with one attached hydrogen (secondary N) is 1. The highest BCUT2D eigenvalue weighted by Crippen LogP contribution is 2.34. The molecule has 0 bridgehead atoms. The van der Waals surface area contributed by atoms with Gasteiger partial charge in [-0.05, 0) is 31.0 Å². The van der Waals surface area contributed by atoms with Crippen LogP contribution in [0.25, 0.3) is 11.0 Å². The molecule has 0 spiro atoms. The van der Waals surface area contributed by atoms with Crippen LogP contribution in [0.3, 0.4) is 0 Å². The molecule has 0 radical (unpaired) electrons. The summed E-state index contributed by atoms with van der Waals surface area (Å²) in [5.74, 6) is 1.62. The molecule has 1 heterocycles. The van der Waals surface area contributed by atoms with Crippen molar-refractivity contribution in [3.63, 3.8) is 0 Å². The number of fused-ring (bicyclic) bond motifs is 1. The molecule has 21 heavy (non-hydrogen) atoms. The molecule has 2 atom stereocenters. The van der Waals surface area contributed by atoms with Gasteiger partial charge in [-0.2, -0.15) is 0 Å². The van der Waals surface area contributed by atoms with Gasteiger partial charge in [-0.3, -0.25) is 0 Å². The maximum atomic E-state index is 6.24. The van der Waals surface area contributed by atoms with E-state index in [1.165, 1.54) is 19.3 Å². The van der Waals surface area contributed by atoms with Crippen LogP contribution >= 0.6 is 11.6 Å². The topological polar surface area (TPSA) is 25.2 Å². The van der Waals surface area contributed by atoms with Crippen molar-refractivity contribution in [3.8, 4) is 0 Å². The lowest BCUT2D eigenvalue weighted by Crippen LogP contribution is -2.27. The number of hydrogen-bond acceptors (Lipinski definition) is 2. The maximum absolute atomic E-state index is 6.24. The van der Waals surface area contributed by atoms with Crippen LogP contribution in [-0.2, 0) is 0 Å². The minimum Gasteiger partial charge on any atom is -0.458 e. The van der Waals surface area contributed by atoms with E-state index in [1.54, 1.807) is 0 Å². The fourth-order valence-corrected chi connectivity index (χ4v) is 3.21. The molecule has 0 aliphatic heterocycles. The van der Waals surface area contributed by atoms with Gasteiger partial charge in [0.2, 0.25) is 0 Å². The number of para-hydroxylation sites is 1. The van der Waals surface area contributed by atoms with E-state index >= 15 is 0 Å². The predicted octanol–water partition coefficient (Wildman–Crippen LogP) is 5.95. The van der Waals surface area contributed by atoms with E-state index in [4.69, 9.17) is 16.0 Å². The molecule has 0 fully saturated rings. The van der Waals surface area contributed by atoms with Crippen molar-refractivity contribution in [2.24, 2.45) is 5.92 Å². The summed E-state index contributed by atoms with van der Waals surface area (Å²) in [6.07, 6.45) is 4.89. The summed E-state index contributed by atoms with van der Waals surface area (Å²) < 4.78 is 6.08. The summed E-state index contributed by atoms with van der Waals surface area (Å²) >= 11 is 6.24. The van der Waals surface area contributed by atoms with Gasteiger partial charge in [0.15, 0.2) is 5.58 Å². The number of rotatable bonds is 8. The molecule has 0 aliphatic carbocycles. The summed E-state index contributed by atoms with van der Waals surface area (Å²) in [6.45, 7) is 7.60. The molecule has 116 valence electrons. The van der Waals surface area contributed by atoms with Gasteiger partial charge in [0, 0.05) is 5.39 Å². The first-order valence-corrected chi connectivity index (χ1v) is 8.50. The van der Waals surface area contributed by atoms with Gasteiger partial charge in [0.05, 0.1) is 11.1 Å². The summed E-state index contributed by atoms with van der Waals surface area (Å²) in [5, 5.41) is 5.38. The van der Waals surface area contributed by atoms with Crippen LogP contribution in [0.4, 0.5) is 0 Å². The molecular weight excluding hydrogens is 282 g/mol. The first-order valence-electron chi connectivity index (χ1n) is 8.12. The fourth-order valence-electron chi connectivity index (χ4n) is 2.99. The Hall–Kier alpha value is -0.990. The standard InChI is InChI=1S/C18H26ClNO/c1-4-7-9-13(5-2)17(20-6-3)16-12-14-10-8-11-15(19)18(14)21-16/h8,10-13,17,20H,4-7,9H2,1-3H3. The van der Waals surface area contributed by atoms with Crippen LogP contribution in [0, 0.1) is 5.92 Å². The third-order valence-corrected chi connectivity index (χ3v) is 4.47. The average molecular weight is 308 g/mol. The average Bonchev–Trinajstić information content (AvgIpc) is 2.92. The predicted molar refractivity (Wildman–Crippen MR) is 90.9 cm³/mol. The van der Waals surface area contributed by atoms with Crippen LogP contribution in [-0.4, -0.2) is 6.54 Å². The minimum absolute atomic E-state index is 0.273. The van der Waals surface area contributed by atoms with Crippen molar-refractivity contribution in [2.75, 3.05) is 6.54 Å². The Morgan fingerprint density at radius 2 is 2.05 bits per heavy atom. The van der Waals surface area contributed by atoms with Crippen LogP contribution in [0.15, 0.2) is 28.7 Å². The van der Waals surface area contributed by atoms with Gasteiger partial charge in [-0.15, -0.1) is 0 Å². The highest BCUT2D eigenvalue weighted by atomic mass is 35.5. The maximum Gasteiger partial charge on any atom is 0.152 e. The van der Waals surface area contributed by atoms with E-state index in [1.807, 2.05) is 12.1 Å².